The molecule has 0 radical (unpaired) electrons. The van der Waals surface area contributed by atoms with E-state index in [4.69, 9.17) is 9.47 Å². The first-order valence-corrected chi connectivity index (χ1v) is 17.6. The number of anilines is 2. The van der Waals surface area contributed by atoms with Gasteiger partial charge in [-0.1, -0.05) is 49.0 Å². The van der Waals surface area contributed by atoms with Crippen LogP contribution in [-0.2, 0) is 14.3 Å². The van der Waals surface area contributed by atoms with Crippen molar-refractivity contribution in [2.75, 3.05) is 43.5 Å². The summed E-state index contributed by atoms with van der Waals surface area (Å²) in [4.78, 5) is 14.4. The Bertz CT molecular complexity index is 1740. The Labute approximate surface area is 287 Å². The van der Waals surface area contributed by atoms with E-state index in [1.165, 1.54) is 16.5 Å². The van der Waals surface area contributed by atoms with Crippen molar-refractivity contribution in [3.63, 3.8) is 0 Å². The molecule has 0 spiro atoms. The molecule has 0 unspecified atom stereocenters. The molecule has 0 atom stereocenters. The van der Waals surface area contributed by atoms with E-state index >= 15 is 0 Å². The zero-order valence-electron chi connectivity index (χ0n) is 29.6. The predicted octanol–water partition coefficient (Wildman–Crippen LogP) is 8.92. The lowest BCUT2D eigenvalue weighted by Gasteiger charge is -2.30. The maximum atomic E-state index is 12.1. The highest BCUT2D eigenvalue weighted by Crippen LogP contribution is 2.40. The van der Waals surface area contributed by atoms with Crippen LogP contribution in [0.25, 0.3) is 16.3 Å². The third-order valence-electron chi connectivity index (χ3n) is 9.72. The van der Waals surface area contributed by atoms with Crippen LogP contribution in [0.2, 0.25) is 0 Å². The van der Waals surface area contributed by atoms with Crippen molar-refractivity contribution in [2.24, 2.45) is 0 Å². The average Bonchev–Trinajstić information content (AvgIpc) is 3.12. The number of rotatable bonds is 12. The standard InChI is InChI=1S/C42H51N3O3/c1-8-44(9-2)32-20-16-30(17-21-32)41(38-25-22-33(28-40(38)47-7)45(10-3)11-4)37-26-27-39(36-15-13-12-14-35(36)37)43-31-18-23-34(24-19-31)48-42(46)29(5)6/h12-17,20-22,25-28,31,34H,5,8-11,18-19,23-24H2,1-4,6-7H3/p+1. The minimum Gasteiger partial charge on any atom is -0.496 e. The second kappa shape index (κ2) is 16.0. The van der Waals surface area contributed by atoms with Crippen molar-refractivity contribution < 1.29 is 18.8 Å². The fourth-order valence-corrected chi connectivity index (χ4v) is 7.00. The van der Waals surface area contributed by atoms with Crippen LogP contribution >= 0.6 is 0 Å². The SMILES string of the molecule is C=C(C)C(=O)OC1CCC(Nc2ccc(/C(=C3\C=CC(=[N+](CC)CC)C=C3OC)c3ccc(N(CC)CC)cc3)c3ccccc23)CC1. The van der Waals surface area contributed by atoms with Gasteiger partial charge in [0.15, 0.2) is 0 Å². The molecule has 5 rings (SSSR count). The van der Waals surface area contributed by atoms with Gasteiger partial charge in [0, 0.05) is 58.7 Å². The van der Waals surface area contributed by atoms with Crippen LogP contribution in [0.15, 0.2) is 102 Å². The minimum atomic E-state index is -0.290. The molecule has 1 saturated carbocycles. The van der Waals surface area contributed by atoms with Crippen molar-refractivity contribution in [1.82, 2.24) is 0 Å². The molecule has 6 nitrogen and oxygen atoms in total. The molecule has 0 bridgehead atoms. The molecule has 0 aliphatic heterocycles. The third kappa shape index (κ3) is 7.59. The minimum absolute atomic E-state index is 0.0419. The maximum absolute atomic E-state index is 12.1. The van der Waals surface area contributed by atoms with E-state index in [9.17, 15) is 4.79 Å². The number of allylic oxidation sites excluding steroid dienone is 3. The first kappa shape index (κ1) is 34.7. The molecule has 1 N–H and O–H groups in total. The number of fused-ring (bicyclic) bond motifs is 1. The zero-order valence-corrected chi connectivity index (χ0v) is 29.6. The highest BCUT2D eigenvalue weighted by molar-refractivity contribution is 6.08. The molecule has 2 aliphatic carbocycles. The van der Waals surface area contributed by atoms with Crippen LogP contribution in [0.5, 0.6) is 0 Å². The predicted molar refractivity (Wildman–Crippen MR) is 201 cm³/mol. The van der Waals surface area contributed by atoms with E-state index in [-0.39, 0.29) is 12.1 Å². The van der Waals surface area contributed by atoms with Crippen LogP contribution in [0.4, 0.5) is 11.4 Å². The van der Waals surface area contributed by atoms with Gasteiger partial charge in [-0.25, -0.2) is 9.37 Å². The Morgan fingerprint density at radius 3 is 2.17 bits per heavy atom. The molecule has 2 aliphatic rings. The lowest BCUT2D eigenvalue weighted by Crippen LogP contribution is -2.31. The molecule has 0 amide bonds. The molecule has 1 fully saturated rings. The third-order valence-corrected chi connectivity index (χ3v) is 9.72. The maximum Gasteiger partial charge on any atom is 0.333 e. The molecule has 0 aromatic heterocycles. The molecular formula is C42H52N3O3+. The number of ether oxygens (including phenoxy) is 2. The smallest absolute Gasteiger partial charge is 0.333 e. The summed E-state index contributed by atoms with van der Waals surface area (Å²) in [5.74, 6) is 0.569. The lowest BCUT2D eigenvalue weighted by molar-refractivity contribution is -0.519. The average molecular weight is 647 g/mol. The summed E-state index contributed by atoms with van der Waals surface area (Å²) >= 11 is 0. The van der Waals surface area contributed by atoms with Gasteiger partial charge in [0.2, 0.25) is 5.71 Å². The van der Waals surface area contributed by atoms with Crippen molar-refractivity contribution in [1.29, 1.82) is 0 Å². The summed E-state index contributed by atoms with van der Waals surface area (Å²) in [6, 6.07) is 22.4. The number of nitrogens with one attached hydrogen (secondary N) is 1. The molecule has 0 saturated heterocycles. The van der Waals surface area contributed by atoms with Gasteiger partial charge in [0.1, 0.15) is 25.0 Å². The first-order valence-electron chi connectivity index (χ1n) is 17.6. The van der Waals surface area contributed by atoms with Crippen molar-refractivity contribution in [3.8, 4) is 0 Å². The summed E-state index contributed by atoms with van der Waals surface area (Å²) in [6.07, 6.45) is 10.1. The highest BCUT2D eigenvalue weighted by atomic mass is 16.5. The van der Waals surface area contributed by atoms with Gasteiger partial charge >= 0.3 is 5.97 Å². The van der Waals surface area contributed by atoms with Gasteiger partial charge in [0.05, 0.1) is 13.2 Å². The molecule has 48 heavy (non-hydrogen) atoms. The van der Waals surface area contributed by atoms with Crippen LogP contribution in [0, 0.1) is 0 Å². The Morgan fingerprint density at radius 2 is 1.56 bits per heavy atom. The van der Waals surface area contributed by atoms with E-state index in [1.54, 1.807) is 14.0 Å². The van der Waals surface area contributed by atoms with E-state index in [1.807, 2.05) is 0 Å². The summed E-state index contributed by atoms with van der Waals surface area (Å²) in [7, 11) is 1.77. The quantitative estimate of drug-likeness (QED) is 0.121. The number of methoxy groups -OCH3 is 1. The number of carbonyl (C=O) groups is 1. The van der Waals surface area contributed by atoms with Crippen LogP contribution in [-0.4, -0.2) is 61.7 Å². The number of carbonyl (C=O) groups excluding carboxylic acids is 1. The Kier molecular flexibility index (Phi) is 11.6. The molecule has 0 heterocycles. The Balaban J connectivity index is 1.57. The van der Waals surface area contributed by atoms with Crippen LogP contribution in [0.1, 0.15) is 71.4 Å². The Hall–Kier alpha value is -4.58. The summed E-state index contributed by atoms with van der Waals surface area (Å²) < 4.78 is 14.1. The number of nitrogens with zero attached hydrogens (tertiary/aromatic N) is 2. The fraction of sp³-hybridized carbons (Fsp3) is 0.381. The van der Waals surface area contributed by atoms with Gasteiger partial charge in [0.25, 0.3) is 0 Å². The molecule has 6 heteroatoms. The zero-order chi connectivity index (χ0) is 34.2. The summed E-state index contributed by atoms with van der Waals surface area (Å²) in [5, 5.41) is 6.22. The second-order valence-electron chi connectivity index (χ2n) is 12.7. The van der Waals surface area contributed by atoms with Crippen molar-refractivity contribution in [2.45, 2.75) is 72.4 Å². The monoisotopic (exact) mass is 646 g/mol. The van der Waals surface area contributed by atoms with Crippen LogP contribution < -0.4 is 10.2 Å². The van der Waals surface area contributed by atoms with Gasteiger partial charge in [-0.05, 0) is 101 Å². The largest absolute Gasteiger partial charge is 0.496 e. The topological polar surface area (TPSA) is 53.8 Å². The second-order valence-corrected chi connectivity index (χ2v) is 12.7. The van der Waals surface area contributed by atoms with E-state index in [2.05, 4.69) is 128 Å². The van der Waals surface area contributed by atoms with E-state index in [0.29, 0.717) is 11.6 Å². The number of benzene rings is 3. The van der Waals surface area contributed by atoms with E-state index in [0.717, 1.165) is 91.3 Å². The van der Waals surface area contributed by atoms with Gasteiger partial charge in [-0.2, -0.15) is 0 Å². The van der Waals surface area contributed by atoms with Crippen molar-refractivity contribution in [3.05, 3.63) is 114 Å². The van der Waals surface area contributed by atoms with Gasteiger partial charge < -0.3 is 19.7 Å². The first-order chi connectivity index (χ1) is 23.3. The summed E-state index contributed by atoms with van der Waals surface area (Å²) in [6.45, 7) is 18.0. The van der Waals surface area contributed by atoms with Gasteiger partial charge in [-0.3, -0.25) is 0 Å². The van der Waals surface area contributed by atoms with Gasteiger partial charge in [-0.15, -0.1) is 0 Å². The molecular weight excluding hydrogens is 594 g/mol. The number of hydrogen-bond donors (Lipinski definition) is 1. The fourth-order valence-electron chi connectivity index (χ4n) is 7.00. The van der Waals surface area contributed by atoms with Crippen LogP contribution in [0.3, 0.4) is 0 Å². The normalized spacial score (nSPS) is 18.6. The molecule has 3 aromatic carbocycles. The number of esters is 1. The molecule has 252 valence electrons. The number of hydrogen-bond acceptors (Lipinski definition) is 5. The van der Waals surface area contributed by atoms with E-state index < -0.39 is 0 Å². The summed E-state index contributed by atoms with van der Waals surface area (Å²) in [5.41, 5.74) is 8.48. The molecule has 3 aromatic rings. The lowest BCUT2D eigenvalue weighted by atomic mass is 9.86. The highest BCUT2D eigenvalue weighted by Gasteiger charge is 2.26. The Morgan fingerprint density at radius 1 is 0.896 bits per heavy atom. The van der Waals surface area contributed by atoms with Crippen molar-refractivity contribution >= 4 is 39.4 Å².